The average Bonchev–Trinajstić information content (AvgIpc) is 2.57. The van der Waals surface area contributed by atoms with Gasteiger partial charge >= 0.3 is 0 Å². The summed E-state index contributed by atoms with van der Waals surface area (Å²) in [5, 5.41) is 0. The van der Waals surface area contributed by atoms with Gasteiger partial charge in [-0.1, -0.05) is 12.1 Å². The second-order valence-corrected chi connectivity index (χ2v) is 3.32. The zero-order chi connectivity index (χ0) is 10.8. The summed E-state index contributed by atoms with van der Waals surface area (Å²) in [6, 6.07) is 7.74. The Kier molecular flexibility index (Phi) is 2.39. The molecule has 0 saturated heterocycles. The van der Waals surface area contributed by atoms with Crippen LogP contribution in [0, 0.1) is 0 Å². The van der Waals surface area contributed by atoms with E-state index in [2.05, 4.69) is 10.4 Å². The molecule has 15 heavy (non-hydrogen) atoms. The summed E-state index contributed by atoms with van der Waals surface area (Å²) < 4.78 is 1.89. The van der Waals surface area contributed by atoms with E-state index in [4.69, 9.17) is 5.84 Å². The lowest BCUT2D eigenvalue weighted by Gasteiger charge is -2.00. The van der Waals surface area contributed by atoms with Crippen LogP contribution in [0.5, 0.6) is 0 Å². The monoisotopic (exact) mass is 204 g/mol. The highest BCUT2D eigenvalue weighted by Gasteiger charge is 2.09. The number of amides is 1. The third kappa shape index (κ3) is 1.69. The minimum Gasteiger partial charge on any atom is -0.331 e. The van der Waals surface area contributed by atoms with E-state index in [0.29, 0.717) is 5.82 Å². The number of para-hydroxylation sites is 2. The van der Waals surface area contributed by atoms with Crippen LogP contribution in [0.1, 0.15) is 5.82 Å². The lowest BCUT2D eigenvalue weighted by atomic mass is 10.3. The molecule has 1 heterocycles. The lowest BCUT2D eigenvalue weighted by Crippen LogP contribution is -2.32. The molecule has 5 heteroatoms. The Morgan fingerprint density at radius 1 is 1.53 bits per heavy atom. The SMILES string of the molecule is Cn1c(CC(=O)NN)nc2ccccc21. The van der Waals surface area contributed by atoms with Gasteiger partial charge in [0, 0.05) is 7.05 Å². The van der Waals surface area contributed by atoms with Crippen molar-refractivity contribution in [1.82, 2.24) is 15.0 Å². The van der Waals surface area contributed by atoms with Crippen molar-refractivity contribution in [2.24, 2.45) is 12.9 Å². The molecule has 0 radical (unpaired) electrons. The van der Waals surface area contributed by atoms with E-state index in [1.54, 1.807) is 0 Å². The number of hydrazine groups is 1. The molecule has 0 aliphatic carbocycles. The highest BCUT2D eigenvalue weighted by atomic mass is 16.2. The predicted molar refractivity (Wildman–Crippen MR) is 56.7 cm³/mol. The molecule has 0 aliphatic heterocycles. The number of nitrogens with zero attached hydrogens (tertiary/aromatic N) is 2. The molecule has 0 atom stereocenters. The third-order valence-electron chi connectivity index (χ3n) is 2.36. The van der Waals surface area contributed by atoms with Crippen LogP contribution in [-0.4, -0.2) is 15.5 Å². The molecule has 0 unspecified atom stereocenters. The maximum atomic E-state index is 11.1. The first kappa shape index (κ1) is 9.67. The van der Waals surface area contributed by atoms with Crippen molar-refractivity contribution in [3.63, 3.8) is 0 Å². The molecule has 0 aliphatic rings. The molecular weight excluding hydrogens is 192 g/mol. The summed E-state index contributed by atoms with van der Waals surface area (Å²) in [6.07, 6.45) is 0.196. The predicted octanol–water partition coefficient (Wildman–Crippen LogP) is 0.106. The topological polar surface area (TPSA) is 72.9 Å². The molecule has 1 aromatic heterocycles. The smallest absolute Gasteiger partial charge is 0.241 e. The second-order valence-electron chi connectivity index (χ2n) is 3.32. The van der Waals surface area contributed by atoms with Crippen molar-refractivity contribution in [2.45, 2.75) is 6.42 Å². The molecule has 2 aromatic rings. The number of hydrogen-bond acceptors (Lipinski definition) is 3. The molecule has 3 N–H and O–H groups in total. The van der Waals surface area contributed by atoms with E-state index in [0.717, 1.165) is 11.0 Å². The zero-order valence-electron chi connectivity index (χ0n) is 8.40. The molecule has 0 saturated carbocycles. The summed E-state index contributed by atoms with van der Waals surface area (Å²) in [4.78, 5) is 15.5. The molecule has 0 spiro atoms. The van der Waals surface area contributed by atoms with Gasteiger partial charge in [0.25, 0.3) is 0 Å². The van der Waals surface area contributed by atoms with Crippen LogP contribution < -0.4 is 11.3 Å². The fourth-order valence-corrected chi connectivity index (χ4v) is 1.55. The van der Waals surface area contributed by atoms with Gasteiger partial charge in [0.05, 0.1) is 17.5 Å². The Morgan fingerprint density at radius 3 is 2.93 bits per heavy atom. The maximum Gasteiger partial charge on any atom is 0.241 e. The van der Waals surface area contributed by atoms with Gasteiger partial charge in [-0.3, -0.25) is 10.2 Å². The van der Waals surface area contributed by atoms with E-state index < -0.39 is 0 Å². The van der Waals surface area contributed by atoms with Crippen LogP contribution in [0.4, 0.5) is 0 Å². The number of nitrogens with two attached hydrogens (primary N) is 1. The largest absolute Gasteiger partial charge is 0.331 e. The van der Waals surface area contributed by atoms with Gasteiger partial charge in [0.2, 0.25) is 5.91 Å². The number of carbonyl (C=O) groups excluding carboxylic acids is 1. The van der Waals surface area contributed by atoms with Crippen LogP contribution in [0.25, 0.3) is 11.0 Å². The van der Waals surface area contributed by atoms with E-state index in [1.807, 2.05) is 35.9 Å². The Bertz CT molecular complexity index is 503. The van der Waals surface area contributed by atoms with E-state index >= 15 is 0 Å². The Hall–Kier alpha value is -1.88. The number of imidazole rings is 1. The van der Waals surface area contributed by atoms with Crippen LogP contribution in [0.15, 0.2) is 24.3 Å². The number of hydrogen-bond donors (Lipinski definition) is 2. The molecule has 2 rings (SSSR count). The van der Waals surface area contributed by atoms with E-state index in [-0.39, 0.29) is 12.3 Å². The summed E-state index contributed by atoms with van der Waals surface area (Å²) >= 11 is 0. The fourth-order valence-electron chi connectivity index (χ4n) is 1.55. The number of aromatic nitrogens is 2. The molecular formula is C10H12N4O. The zero-order valence-corrected chi connectivity index (χ0v) is 8.40. The van der Waals surface area contributed by atoms with Crippen molar-refractivity contribution >= 4 is 16.9 Å². The Morgan fingerprint density at radius 2 is 2.27 bits per heavy atom. The number of benzene rings is 1. The molecule has 1 amide bonds. The van der Waals surface area contributed by atoms with Gasteiger partial charge in [0.1, 0.15) is 5.82 Å². The van der Waals surface area contributed by atoms with Crippen LogP contribution in [-0.2, 0) is 18.3 Å². The number of fused-ring (bicyclic) bond motifs is 1. The standard InChI is InChI=1S/C10H12N4O/c1-14-8-5-3-2-4-7(8)12-9(14)6-10(15)13-11/h2-5H,6,11H2,1H3,(H,13,15). The first-order valence-corrected chi connectivity index (χ1v) is 4.62. The number of aryl methyl sites for hydroxylation is 1. The van der Waals surface area contributed by atoms with Gasteiger partial charge in [-0.05, 0) is 12.1 Å². The second kappa shape index (κ2) is 3.70. The minimum atomic E-state index is -0.242. The lowest BCUT2D eigenvalue weighted by molar-refractivity contribution is -0.120. The van der Waals surface area contributed by atoms with Gasteiger partial charge in [-0.15, -0.1) is 0 Å². The first-order valence-electron chi connectivity index (χ1n) is 4.62. The molecule has 0 bridgehead atoms. The van der Waals surface area contributed by atoms with Crippen LogP contribution in [0.3, 0.4) is 0 Å². The van der Waals surface area contributed by atoms with Crippen molar-refractivity contribution < 1.29 is 4.79 Å². The summed E-state index contributed by atoms with van der Waals surface area (Å²) in [5.41, 5.74) is 3.99. The number of nitrogens with one attached hydrogen (secondary N) is 1. The number of carbonyl (C=O) groups is 1. The summed E-state index contributed by atoms with van der Waals surface area (Å²) in [6.45, 7) is 0. The average molecular weight is 204 g/mol. The van der Waals surface area contributed by atoms with Gasteiger partial charge in [-0.2, -0.15) is 0 Å². The van der Waals surface area contributed by atoms with E-state index in [1.165, 1.54) is 0 Å². The van der Waals surface area contributed by atoms with Crippen molar-refractivity contribution in [3.05, 3.63) is 30.1 Å². The molecule has 1 aromatic carbocycles. The first-order chi connectivity index (χ1) is 7.22. The molecule has 5 nitrogen and oxygen atoms in total. The quantitative estimate of drug-likeness (QED) is 0.414. The van der Waals surface area contributed by atoms with Crippen LogP contribution >= 0.6 is 0 Å². The van der Waals surface area contributed by atoms with Crippen molar-refractivity contribution in [2.75, 3.05) is 0 Å². The summed E-state index contributed by atoms with van der Waals surface area (Å²) in [5.74, 6) is 5.49. The van der Waals surface area contributed by atoms with Crippen molar-refractivity contribution in [1.29, 1.82) is 0 Å². The number of rotatable bonds is 2. The van der Waals surface area contributed by atoms with Crippen molar-refractivity contribution in [3.8, 4) is 0 Å². The molecule has 0 fully saturated rings. The highest BCUT2D eigenvalue weighted by Crippen LogP contribution is 2.14. The van der Waals surface area contributed by atoms with Crippen LogP contribution in [0.2, 0.25) is 0 Å². The van der Waals surface area contributed by atoms with Gasteiger partial charge in [0.15, 0.2) is 0 Å². The normalized spacial score (nSPS) is 10.5. The van der Waals surface area contributed by atoms with E-state index in [9.17, 15) is 4.79 Å². The third-order valence-corrected chi connectivity index (χ3v) is 2.36. The highest BCUT2D eigenvalue weighted by molar-refractivity contribution is 5.80. The maximum absolute atomic E-state index is 11.1. The van der Waals surface area contributed by atoms with Gasteiger partial charge < -0.3 is 4.57 Å². The fraction of sp³-hybridized carbons (Fsp3) is 0.200. The van der Waals surface area contributed by atoms with Gasteiger partial charge in [-0.25, -0.2) is 10.8 Å². The molecule has 78 valence electrons. The Labute approximate surface area is 86.9 Å². The Balaban J connectivity index is 2.44. The minimum absolute atomic E-state index is 0.196. The summed E-state index contributed by atoms with van der Waals surface area (Å²) in [7, 11) is 1.88.